The molecule has 0 unspecified atom stereocenters. The SMILES string of the molecule is O=C(NCc1nnnn1C1CC1)c1ccc(F)nc1. The van der Waals surface area contributed by atoms with Gasteiger partial charge >= 0.3 is 0 Å². The molecule has 3 rings (SSSR count). The number of rotatable bonds is 4. The van der Waals surface area contributed by atoms with E-state index in [1.807, 2.05) is 0 Å². The van der Waals surface area contributed by atoms with Crippen LogP contribution in [0.3, 0.4) is 0 Å². The summed E-state index contributed by atoms with van der Waals surface area (Å²) in [6.45, 7) is 0.236. The largest absolute Gasteiger partial charge is 0.345 e. The number of carbonyl (C=O) groups excluding carboxylic acids is 1. The van der Waals surface area contributed by atoms with E-state index in [9.17, 15) is 9.18 Å². The molecule has 2 heterocycles. The lowest BCUT2D eigenvalue weighted by molar-refractivity contribution is 0.0949. The zero-order valence-electron chi connectivity index (χ0n) is 9.95. The van der Waals surface area contributed by atoms with Crippen LogP contribution in [0.15, 0.2) is 18.3 Å². The minimum absolute atomic E-state index is 0.236. The van der Waals surface area contributed by atoms with Gasteiger partial charge in [0.25, 0.3) is 5.91 Å². The molecule has 2 aromatic rings. The van der Waals surface area contributed by atoms with Crippen LogP contribution in [0.1, 0.15) is 35.1 Å². The molecule has 0 bridgehead atoms. The monoisotopic (exact) mass is 262 g/mol. The summed E-state index contributed by atoms with van der Waals surface area (Å²) in [7, 11) is 0. The molecule has 1 amide bonds. The number of pyridine rings is 1. The lowest BCUT2D eigenvalue weighted by atomic mass is 10.2. The van der Waals surface area contributed by atoms with Gasteiger partial charge in [-0.15, -0.1) is 5.10 Å². The molecule has 7 nitrogen and oxygen atoms in total. The van der Waals surface area contributed by atoms with Crippen molar-refractivity contribution >= 4 is 5.91 Å². The molecular weight excluding hydrogens is 251 g/mol. The normalized spacial score (nSPS) is 14.4. The Morgan fingerprint density at radius 1 is 1.47 bits per heavy atom. The molecule has 1 N–H and O–H groups in total. The quantitative estimate of drug-likeness (QED) is 0.809. The second kappa shape index (κ2) is 4.71. The maximum atomic E-state index is 12.6. The minimum atomic E-state index is -0.616. The standard InChI is InChI=1S/C11H11FN6O/c12-9-4-1-7(5-13-9)11(19)14-6-10-15-16-17-18(10)8-2-3-8/h1,4-5,8H,2-3,6H2,(H,14,19). The molecule has 0 aliphatic heterocycles. The highest BCUT2D eigenvalue weighted by Gasteiger charge is 2.27. The Labute approximate surface area is 107 Å². The van der Waals surface area contributed by atoms with Crippen LogP contribution in [-0.2, 0) is 6.54 Å². The summed E-state index contributed by atoms with van der Waals surface area (Å²) in [5, 5.41) is 14.0. The van der Waals surface area contributed by atoms with E-state index in [-0.39, 0.29) is 12.5 Å². The maximum absolute atomic E-state index is 12.6. The van der Waals surface area contributed by atoms with Crippen LogP contribution in [0, 0.1) is 5.95 Å². The van der Waals surface area contributed by atoms with Gasteiger partial charge in [0.2, 0.25) is 5.95 Å². The summed E-state index contributed by atoms with van der Waals surface area (Å²) in [5.74, 6) is -0.335. The topological polar surface area (TPSA) is 85.6 Å². The zero-order valence-corrected chi connectivity index (χ0v) is 9.95. The number of hydrogen-bond acceptors (Lipinski definition) is 5. The van der Waals surface area contributed by atoms with E-state index in [1.165, 1.54) is 12.3 Å². The van der Waals surface area contributed by atoms with Gasteiger partial charge in [0.1, 0.15) is 0 Å². The summed E-state index contributed by atoms with van der Waals surface area (Å²) in [6.07, 6.45) is 3.32. The Morgan fingerprint density at radius 2 is 2.32 bits per heavy atom. The average molecular weight is 262 g/mol. The van der Waals surface area contributed by atoms with Gasteiger partial charge in [-0.3, -0.25) is 4.79 Å². The Kier molecular flexibility index (Phi) is 2.90. The van der Waals surface area contributed by atoms with Gasteiger partial charge < -0.3 is 5.32 Å². The van der Waals surface area contributed by atoms with Crippen LogP contribution in [-0.4, -0.2) is 31.1 Å². The molecule has 98 valence electrons. The van der Waals surface area contributed by atoms with Crippen LogP contribution in [0.5, 0.6) is 0 Å². The highest BCUT2D eigenvalue weighted by molar-refractivity contribution is 5.93. The third-order valence-electron chi connectivity index (χ3n) is 2.85. The number of hydrogen-bond donors (Lipinski definition) is 1. The van der Waals surface area contributed by atoms with E-state index in [1.54, 1.807) is 4.68 Å². The fraction of sp³-hybridized carbons (Fsp3) is 0.364. The Hall–Kier alpha value is -2.38. The Morgan fingerprint density at radius 3 is 3.00 bits per heavy atom. The molecule has 0 saturated heterocycles. The number of tetrazole rings is 1. The Bertz CT molecular complexity index is 591. The third-order valence-corrected chi connectivity index (χ3v) is 2.85. The molecule has 19 heavy (non-hydrogen) atoms. The van der Waals surface area contributed by atoms with E-state index in [0.29, 0.717) is 17.4 Å². The Balaban J connectivity index is 1.63. The molecule has 0 atom stereocenters. The summed E-state index contributed by atoms with van der Waals surface area (Å²) in [4.78, 5) is 15.2. The highest BCUT2D eigenvalue weighted by atomic mass is 19.1. The van der Waals surface area contributed by atoms with Gasteiger partial charge in [0, 0.05) is 6.20 Å². The molecule has 0 spiro atoms. The highest BCUT2D eigenvalue weighted by Crippen LogP contribution is 2.34. The fourth-order valence-corrected chi connectivity index (χ4v) is 1.70. The minimum Gasteiger partial charge on any atom is -0.345 e. The first-order chi connectivity index (χ1) is 9.24. The van der Waals surface area contributed by atoms with Crippen molar-refractivity contribution in [3.63, 3.8) is 0 Å². The summed E-state index contributed by atoms with van der Waals surface area (Å²) < 4.78 is 14.4. The lowest BCUT2D eigenvalue weighted by Crippen LogP contribution is -2.25. The van der Waals surface area contributed by atoms with E-state index in [2.05, 4.69) is 25.8 Å². The number of nitrogens with one attached hydrogen (secondary N) is 1. The molecular formula is C11H11FN6O. The zero-order chi connectivity index (χ0) is 13.2. The van der Waals surface area contributed by atoms with Crippen molar-refractivity contribution in [3.05, 3.63) is 35.7 Å². The van der Waals surface area contributed by atoms with E-state index in [4.69, 9.17) is 0 Å². The molecule has 0 radical (unpaired) electrons. The van der Waals surface area contributed by atoms with Crippen molar-refractivity contribution in [2.45, 2.75) is 25.4 Å². The van der Waals surface area contributed by atoms with Gasteiger partial charge in [-0.2, -0.15) is 4.39 Å². The van der Waals surface area contributed by atoms with E-state index in [0.717, 1.165) is 18.9 Å². The van der Waals surface area contributed by atoms with Gasteiger partial charge in [0.15, 0.2) is 5.82 Å². The smallest absolute Gasteiger partial charge is 0.253 e. The van der Waals surface area contributed by atoms with Crippen molar-refractivity contribution in [3.8, 4) is 0 Å². The number of aromatic nitrogens is 5. The molecule has 0 aromatic carbocycles. The lowest BCUT2D eigenvalue weighted by Gasteiger charge is -2.05. The van der Waals surface area contributed by atoms with Gasteiger partial charge in [-0.25, -0.2) is 9.67 Å². The van der Waals surface area contributed by atoms with Crippen molar-refractivity contribution in [2.75, 3.05) is 0 Å². The summed E-state index contributed by atoms with van der Waals surface area (Å²) in [5.41, 5.74) is 0.298. The second-order valence-corrected chi connectivity index (χ2v) is 4.32. The number of carbonyl (C=O) groups is 1. The molecule has 1 aliphatic carbocycles. The first-order valence-corrected chi connectivity index (χ1v) is 5.90. The van der Waals surface area contributed by atoms with E-state index < -0.39 is 5.95 Å². The van der Waals surface area contributed by atoms with Crippen molar-refractivity contribution in [1.82, 2.24) is 30.5 Å². The predicted molar refractivity (Wildman–Crippen MR) is 61.5 cm³/mol. The number of amides is 1. The summed E-state index contributed by atoms with van der Waals surface area (Å²) >= 11 is 0. The number of halogens is 1. The van der Waals surface area contributed by atoms with Crippen LogP contribution < -0.4 is 5.32 Å². The first-order valence-electron chi connectivity index (χ1n) is 5.90. The van der Waals surface area contributed by atoms with Crippen LogP contribution in [0.25, 0.3) is 0 Å². The molecule has 2 aromatic heterocycles. The molecule has 8 heteroatoms. The maximum Gasteiger partial charge on any atom is 0.253 e. The van der Waals surface area contributed by atoms with Crippen LogP contribution >= 0.6 is 0 Å². The van der Waals surface area contributed by atoms with Crippen LogP contribution in [0.2, 0.25) is 0 Å². The predicted octanol–water partition coefficient (Wildman–Crippen LogP) is 0.472. The van der Waals surface area contributed by atoms with E-state index >= 15 is 0 Å². The molecule has 1 aliphatic rings. The van der Waals surface area contributed by atoms with Gasteiger partial charge in [-0.1, -0.05) is 0 Å². The molecule has 1 saturated carbocycles. The first kappa shape index (κ1) is 11.7. The van der Waals surface area contributed by atoms with Crippen molar-refractivity contribution < 1.29 is 9.18 Å². The third kappa shape index (κ3) is 2.56. The second-order valence-electron chi connectivity index (χ2n) is 4.32. The average Bonchev–Trinajstić information content (AvgIpc) is 3.16. The summed E-state index contributed by atoms with van der Waals surface area (Å²) in [6, 6.07) is 2.87. The van der Waals surface area contributed by atoms with Crippen LogP contribution in [0.4, 0.5) is 4.39 Å². The molecule has 1 fully saturated rings. The van der Waals surface area contributed by atoms with Gasteiger partial charge in [-0.05, 0) is 35.4 Å². The number of nitrogens with zero attached hydrogens (tertiary/aromatic N) is 5. The fourth-order valence-electron chi connectivity index (χ4n) is 1.70. The van der Waals surface area contributed by atoms with Crippen molar-refractivity contribution in [1.29, 1.82) is 0 Å². The van der Waals surface area contributed by atoms with Crippen molar-refractivity contribution in [2.24, 2.45) is 0 Å². The van der Waals surface area contributed by atoms with Gasteiger partial charge in [0.05, 0.1) is 18.2 Å².